The van der Waals surface area contributed by atoms with Crippen molar-refractivity contribution in [2.24, 2.45) is 5.41 Å². The molecule has 3 amide bonds. The number of aliphatic hydroxyl groups excluding tert-OH is 1. The van der Waals surface area contributed by atoms with Gasteiger partial charge in [0.25, 0.3) is 0 Å². The summed E-state index contributed by atoms with van der Waals surface area (Å²) in [6.07, 6.45) is 7.95. The van der Waals surface area contributed by atoms with E-state index in [1.165, 1.54) is 12.0 Å². The van der Waals surface area contributed by atoms with Crippen LogP contribution in [0.5, 0.6) is 0 Å². The van der Waals surface area contributed by atoms with Gasteiger partial charge in [-0.1, -0.05) is 51.7 Å². The molecule has 2 unspecified atom stereocenters. The maximum atomic E-state index is 13.8. The smallest absolute Gasteiger partial charge is 0.305 e. The molecule has 0 radical (unpaired) electrons. The Labute approximate surface area is 249 Å². The van der Waals surface area contributed by atoms with Crippen molar-refractivity contribution < 1.29 is 34.1 Å². The molecular formula is C32H47N3O7. The molecule has 0 spiro atoms. The molecule has 1 aliphatic heterocycles. The molecule has 2 rings (SSSR count). The second kappa shape index (κ2) is 15.2. The molecule has 0 saturated carbocycles. The quantitative estimate of drug-likeness (QED) is 0.158. The Balaban J connectivity index is 2.12. The highest BCUT2D eigenvalue weighted by molar-refractivity contribution is 5.93. The number of hydrogen-bond acceptors (Lipinski definition) is 7. The fourth-order valence-corrected chi connectivity index (χ4v) is 5.04. The lowest BCUT2D eigenvalue weighted by molar-refractivity contribution is -0.144. The van der Waals surface area contributed by atoms with Crippen LogP contribution in [0.1, 0.15) is 96.7 Å². The van der Waals surface area contributed by atoms with Gasteiger partial charge in [-0.3, -0.25) is 19.2 Å². The van der Waals surface area contributed by atoms with Crippen LogP contribution in [-0.4, -0.2) is 76.2 Å². The third kappa shape index (κ3) is 10.1. The van der Waals surface area contributed by atoms with E-state index in [2.05, 4.69) is 21.3 Å². The summed E-state index contributed by atoms with van der Waals surface area (Å²) in [6.45, 7) is 8.58. The Kier molecular flexibility index (Phi) is 12.6. The van der Waals surface area contributed by atoms with Gasteiger partial charge in [0.2, 0.25) is 17.7 Å². The number of likely N-dealkylation sites (tertiary alicyclic amines) is 1. The maximum Gasteiger partial charge on any atom is 0.305 e. The molecule has 10 nitrogen and oxygen atoms in total. The molecule has 4 N–H and O–H groups in total. The van der Waals surface area contributed by atoms with Crippen LogP contribution >= 0.6 is 0 Å². The summed E-state index contributed by atoms with van der Waals surface area (Å²) < 4.78 is 4.63. The van der Waals surface area contributed by atoms with E-state index in [1.807, 2.05) is 20.8 Å². The van der Waals surface area contributed by atoms with Crippen LogP contribution in [0.25, 0.3) is 0 Å². The van der Waals surface area contributed by atoms with Gasteiger partial charge in [0.15, 0.2) is 0 Å². The number of terminal acetylenes is 1. The van der Waals surface area contributed by atoms with E-state index >= 15 is 0 Å². The van der Waals surface area contributed by atoms with E-state index in [4.69, 9.17) is 6.42 Å². The second-order valence-electron chi connectivity index (χ2n) is 12.6. The summed E-state index contributed by atoms with van der Waals surface area (Å²) >= 11 is 0. The number of esters is 1. The first-order valence-corrected chi connectivity index (χ1v) is 14.5. The van der Waals surface area contributed by atoms with Crippen molar-refractivity contribution >= 4 is 23.7 Å². The van der Waals surface area contributed by atoms with Gasteiger partial charge < -0.3 is 30.5 Å². The normalized spacial score (nSPS) is 18.5. The van der Waals surface area contributed by atoms with Crippen molar-refractivity contribution in [1.29, 1.82) is 0 Å². The van der Waals surface area contributed by atoms with E-state index in [-0.39, 0.29) is 31.3 Å². The number of aliphatic hydroxyl groups is 2. The Morgan fingerprint density at radius 3 is 2.14 bits per heavy atom. The van der Waals surface area contributed by atoms with Crippen LogP contribution in [0, 0.1) is 17.8 Å². The minimum Gasteiger partial charge on any atom is -0.469 e. The summed E-state index contributed by atoms with van der Waals surface area (Å²) in [7, 11) is 1.35. The highest BCUT2D eigenvalue weighted by Gasteiger charge is 2.45. The van der Waals surface area contributed by atoms with Gasteiger partial charge in [0.05, 0.1) is 24.9 Å². The fourth-order valence-electron chi connectivity index (χ4n) is 5.04. The number of carbonyl (C=O) groups is 4. The molecule has 1 aromatic rings. The van der Waals surface area contributed by atoms with Crippen molar-refractivity contribution in [3.8, 4) is 12.3 Å². The Morgan fingerprint density at radius 1 is 1.02 bits per heavy atom. The number of methoxy groups -OCH3 is 1. The van der Waals surface area contributed by atoms with Crippen molar-refractivity contribution in [1.82, 2.24) is 15.5 Å². The average Bonchev–Trinajstić information content (AvgIpc) is 3.32. The van der Waals surface area contributed by atoms with Gasteiger partial charge in [-0.25, -0.2) is 0 Å². The number of amides is 3. The number of unbranched alkanes of at least 4 members (excludes halogenated alkanes) is 3. The second-order valence-corrected chi connectivity index (χ2v) is 12.6. The molecule has 1 fully saturated rings. The average molecular weight is 586 g/mol. The van der Waals surface area contributed by atoms with Gasteiger partial charge in [-0.2, -0.15) is 0 Å². The highest BCUT2D eigenvalue weighted by atomic mass is 16.5. The number of nitrogens with one attached hydrogen (secondary N) is 2. The summed E-state index contributed by atoms with van der Waals surface area (Å²) in [5.74, 6) is 1.02. The van der Waals surface area contributed by atoms with Crippen LogP contribution in [0.3, 0.4) is 0 Å². The van der Waals surface area contributed by atoms with Crippen molar-refractivity contribution in [3.63, 3.8) is 0 Å². The van der Waals surface area contributed by atoms with Gasteiger partial charge in [0.1, 0.15) is 12.1 Å². The number of nitrogens with zero attached hydrogens (tertiary/aromatic N) is 1. The molecule has 4 atom stereocenters. The highest BCUT2D eigenvalue weighted by Crippen LogP contribution is 2.29. The van der Waals surface area contributed by atoms with E-state index in [1.54, 1.807) is 38.1 Å². The standard InChI is InChI=1S/C32H47N3O7/c1-8-21-15-17-22(18-16-21)27(32(5,6)41)34-29(39)24-19-23(36)20-35(24)30(40)28(31(2,3)4)33-25(37)13-11-9-10-12-14-26(38)42-7/h1,15-18,23-24,27-28,36,41H,9-14,19-20H2,2-7H3,(H,33,37)(H,34,39)/t23-,24+,27?,28?/m1/s1. The first kappa shape index (κ1) is 34.8. The van der Waals surface area contributed by atoms with Crippen molar-refractivity contribution in [2.75, 3.05) is 13.7 Å². The number of benzene rings is 1. The molecule has 1 aliphatic rings. The van der Waals surface area contributed by atoms with Gasteiger partial charge in [-0.05, 0) is 49.8 Å². The van der Waals surface area contributed by atoms with E-state index in [0.29, 0.717) is 30.4 Å². The monoisotopic (exact) mass is 585 g/mol. The van der Waals surface area contributed by atoms with Crippen LogP contribution in [0.15, 0.2) is 24.3 Å². The zero-order valence-electron chi connectivity index (χ0n) is 25.7. The Hall–Kier alpha value is -3.42. The minimum absolute atomic E-state index is 0.0303. The maximum absolute atomic E-state index is 13.8. The third-order valence-corrected chi connectivity index (χ3v) is 7.45. The first-order chi connectivity index (χ1) is 19.6. The molecule has 1 aromatic carbocycles. The van der Waals surface area contributed by atoms with Crippen LogP contribution in [0.4, 0.5) is 0 Å². The lowest BCUT2D eigenvalue weighted by Crippen LogP contribution is -2.58. The summed E-state index contributed by atoms with van der Waals surface area (Å²) in [6, 6.07) is 4.18. The zero-order chi connectivity index (χ0) is 31.7. The van der Waals surface area contributed by atoms with Gasteiger partial charge in [-0.15, -0.1) is 6.42 Å². The van der Waals surface area contributed by atoms with Gasteiger partial charge >= 0.3 is 5.97 Å². The zero-order valence-corrected chi connectivity index (χ0v) is 25.7. The molecule has 42 heavy (non-hydrogen) atoms. The Morgan fingerprint density at radius 2 is 1.62 bits per heavy atom. The molecule has 232 valence electrons. The summed E-state index contributed by atoms with van der Waals surface area (Å²) in [5, 5.41) is 27.1. The van der Waals surface area contributed by atoms with E-state index in [9.17, 15) is 29.4 Å². The molecule has 0 aromatic heterocycles. The number of rotatable bonds is 13. The number of carbonyl (C=O) groups excluding carboxylic acids is 4. The molecule has 10 heteroatoms. The van der Waals surface area contributed by atoms with Crippen LogP contribution in [0.2, 0.25) is 0 Å². The summed E-state index contributed by atoms with van der Waals surface area (Å²) in [4.78, 5) is 52.8. The number of β-amino-alcohol motifs (C(OH)–C–C–N with tert-alkyl or cyclic N) is 1. The van der Waals surface area contributed by atoms with E-state index in [0.717, 1.165) is 12.8 Å². The fraction of sp³-hybridized carbons (Fsp3) is 0.625. The lowest BCUT2D eigenvalue weighted by atomic mass is 9.85. The predicted octanol–water partition coefficient (Wildman–Crippen LogP) is 2.60. The topological polar surface area (TPSA) is 145 Å². The third-order valence-electron chi connectivity index (χ3n) is 7.45. The molecule has 0 bridgehead atoms. The van der Waals surface area contributed by atoms with Crippen molar-refractivity contribution in [3.05, 3.63) is 35.4 Å². The van der Waals surface area contributed by atoms with Crippen LogP contribution in [-0.2, 0) is 23.9 Å². The molecular weight excluding hydrogens is 538 g/mol. The van der Waals surface area contributed by atoms with Crippen molar-refractivity contribution in [2.45, 2.75) is 109 Å². The summed E-state index contributed by atoms with van der Waals surface area (Å²) in [5.41, 5.74) is -0.725. The minimum atomic E-state index is -1.35. The molecule has 1 saturated heterocycles. The molecule has 1 heterocycles. The van der Waals surface area contributed by atoms with Crippen LogP contribution < -0.4 is 10.6 Å². The van der Waals surface area contributed by atoms with Gasteiger partial charge in [0, 0.05) is 31.4 Å². The number of ether oxygens (including phenoxy) is 1. The number of hydrogen-bond donors (Lipinski definition) is 4. The van der Waals surface area contributed by atoms with E-state index < -0.39 is 47.1 Å². The Bertz CT molecular complexity index is 1130. The SMILES string of the molecule is C#Cc1ccc(C(NC(=O)[C@@H]2C[C@@H](O)CN2C(=O)C(NC(=O)CCCCCCC(=O)OC)C(C)(C)C)C(C)(C)O)cc1. The largest absolute Gasteiger partial charge is 0.469 e. The first-order valence-electron chi connectivity index (χ1n) is 14.5. The molecule has 0 aliphatic carbocycles. The lowest BCUT2D eigenvalue weighted by Gasteiger charge is -2.36. The predicted molar refractivity (Wildman–Crippen MR) is 159 cm³/mol.